The summed E-state index contributed by atoms with van der Waals surface area (Å²) in [5.74, 6) is 2.62. The second-order valence-electron chi connectivity index (χ2n) is 4.63. The van der Waals surface area contributed by atoms with Crippen LogP contribution >= 0.6 is 0 Å². The molecule has 3 atom stereocenters. The van der Waals surface area contributed by atoms with Gasteiger partial charge in [0.1, 0.15) is 11.9 Å². The third-order valence-corrected chi connectivity index (χ3v) is 3.72. The minimum Gasteiger partial charge on any atom is -0.490 e. The lowest BCUT2D eigenvalue weighted by Crippen LogP contribution is -2.26. The lowest BCUT2D eigenvalue weighted by molar-refractivity contribution is 0.158. The highest BCUT2D eigenvalue weighted by Gasteiger charge is 2.40. The zero-order valence-electron chi connectivity index (χ0n) is 8.86. The molecule has 15 heavy (non-hydrogen) atoms. The molecule has 1 saturated heterocycles. The summed E-state index contributed by atoms with van der Waals surface area (Å²) in [4.78, 5) is 0. The molecular formula is C13H17NO. The molecule has 1 aliphatic carbocycles. The molecule has 2 heteroatoms. The van der Waals surface area contributed by atoms with Gasteiger partial charge in [-0.25, -0.2) is 0 Å². The zero-order valence-corrected chi connectivity index (χ0v) is 8.86. The number of rotatable bonds is 2. The number of ether oxygens (including phenoxy) is 1. The minimum absolute atomic E-state index is 0.437. The maximum absolute atomic E-state index is 6.05. The van der Waals surface area contributed by atoms with Gasteiger partial charge in [-0.2, -0.15) is 0 Å². The first-order valence-corrected chi connectivity index (χ1v) is 5.86. The molecule has 2 fully saturated rings. The highest BCUT2D eigenvalue weighted by atomic mass is 16.5. The summed E-state index contributed by atoms with van der Waals surface area (Å²) in [6.07, 6.45) is 2.99. The lowest BCUT2D eigenvalue weighted by atomic mass is 9.99. The average molecular weight is 203 g/mol. The van der Waals surface area contributed by atoms with E-state index in [9.17, 15) is 0 Å². The van der Waals surface area contributed by atoms with Crippen LogP contribution in [0.3, 0.4) is 0 Å². The summed E-state index contributed by atoms with van der Waals surface area (Å²) in [6.45, 7) is 2.33. The molecule has 1 saturated carbocycles. The first kappa shape index (κ1) is 9.22. The molecule has 2 nitrogen and oxygen atoms in total. The fourth-order valence-electron chi connectivity index (χ4n) is 2.92. The van der Waals surface area contributed by atoms with Crippen molar-refractivity contribution in [2.75, 3.05) is 13.1 Å². The molecule has 1 aliphatic heterocycles. The minimum atomic E-state index is 0.437. The monoisotopic (exact) mass is 203 g/mol. The fourth-order valence-corrected chi connectivity index (χ4v) is 2.92. The summed E-state index contributed by atoms with van der Waals surface area (Å²) in [6, 6.07) is 10.2. The maximum atomic E-state index is 6.05. The second-order valence-corrected chi connectivity index (χ2v) is 4.63. The van der Waals surface area contributed by atoms with Crippen LogP contribution < -0.4 is 10.1 Å². The molecule has 0 amide bonds. The van der Waals surface area contributed by atoms with Crippen LogP contribution in [0.15, 0.2) is 30.3 Å². The molecule has 0 spiro atoms. The number of para-hydroxylation sites is 1. The second kappa shape index (κ2) is 3.86. The van der Waals surface area contributed by atoms with Gasteiger partial charge >= 0.3 is 0 Å². The molecule has 2 aliphatic rings. The molecule has 1 N–H and O–H groups in total. The molecule has 1 heterocycles. The molecule has 0 radical (unpaired) electrons. The van der Waals surface area contributed by atoms with Gasteiger partial charge in [0, 0.05) is 12.5 Å². The van der Waals surface area contributed by atoms with Crippen LogP contribution in [0.25, 0.3) is 0 Å². The Morgan fingerprint density at radius 2 is 1.93 bits per heavy atom. The first-order chi connectivity index (χ1) is 7.43. The highest BCUT2D eigenvalue weighted by Crippen LogP contribution is 2.36. The van der Waals surface area contributed by atoms with E-state index in [2.05, 4.69) is 17.4 Å². The van der Waals surface area contributed by atoms with E-state index in [0.29, 0.717) is 6.10 Å². The van der Waals surface area contributed by atoms with E-state index in [1.807, 2.05) is 18.2 Å². The summed E-state index contributed by atoms with van der Waals surface area (Å²) in [7, 11) is 0. The normalized spacial score (nSPS) is 34.0. The number of fused-ring (bicyclic) bond motifs is 1. The Morgan fingerprint density at radius 1 is 1.07 bits per heavy atom. The average Bonchev–Trinajstić information content (AvgIpc) is 2.85. The fraction of sp³-hybridized carbons (Fsp3) is 0.538. The smallest absolute Gasteiger partial charge is 0.119 e. The predicted molar refractivity (Wildman–Crippen MR) is 59.9 cm³/mol. The van der Waals surface area contributed by atoms with Crippen LogP contribution in [-0.4, -0.2) is 19.2 Å². The largest absolute Gasteiger partial charge is 0.490 e. The van der Waals surface area contributed by atoms with E-state index >= 15 is 0 Å². The molecule has 1 aromatic carbocycles. The van der Waals surface area contributed by atoms with Gasteiger partial charge in [0.2, 0.25) is 0 Å². The molecule has 80 valence electrons. The van der Waals surface area contributed by atoms with Gasteiger partial charge in [-0.1, -0.05) is 18.2 Å². The van der Waals surface area contributed by atoms with Gasteiger partial charge in [-0.15, -0.1) is 0 Å². The number of benzene rings is 1. The standard InChI is InChI=1S/C13H17NO/c1-2-4-11(5-3-1)15-13-7-6-10-8-14-9-12(10)13/h1-5,10,12-14H,6-9H2/t10?,12?,13-/m0/s1. The van der Waals surface area contributed by atoms with Crippen molar-refractivity contribution >= 4 is 0 Å². The van der Waals surface area contributed by atoms with Crippen molar-refractivity contribution in [3.63, 3.8) is 0 Å². The van der Waals surface area contributed by atoms with Crippen LogP contribution in [0, 0.1) is 11.8 Å². The van der Waals surface area contributed by atoms with Crippen molar-refractivity contribution < 1.29 is 4.74 Å². The van der Waals surface area contributed by atoms with Crippen molar-refractivity contribution in [1.82, 2.24) is 5.32 Å². The summed E-state index contributed by atoms with van der Waals surface area (Å²) >= 11 is 0. The molecule has 0 bridgehead atoms. The van der Waals surface area contributed by atoms with Crippen LogP contribution in [0.4, 0.5) is 0 Å². The highest BCUT2D eigenvalue weighted by molar-refractivity contribution is 5.21. The molecule has 3 rings (SSSR count). The number of hydrogen-bond acceptors (Lipinski definition) is 2. The van der Waals surface area contributed by atoms with E-state index in [1.54, 1.807) is 0 Å². The van der Waals surface area contributed by atoms with E-state index in [1.165, 1.54) is 19.4 Å². The van der Waals surface area contributed by atoms with Crippen molar-refractivity contribution in [1.29, 1.82) is 0 Å². The molecule has 1 aromatic rings. The first-order valence-electron chi connectivity index (χ1n) is 5.86. The summed E-state index contributed by atoms with van der Waals surface area (Å²) < 4.78 is 6.05. The van der Waals surface area contributed by atoms with Gasteiger partial charge in [0.15, 0.2) is 0 Å². The van der Waals surface area contributed by atoms with E-state index < -0.39 is 0 Å². The predicted octanol–water partition coefficient (Wildman–Crippen LogP) is 2.06. The van der Waals surface area contributed by atoms with Gasteiger partial charge < -0.3 is 10.1 Å². The van der Waals surface area contributed by atoms with Gasteiger partial charge in [-0.3, -0.25) is 0 Å². The SMILES string of the molecule is c1ccc(O[C@H]2CCC3CNCC32)cc1. The topological polar surface area (TPSA) is 21.3 Å². The zero-order chi connectivity index (χ0) is 10.1. The Labute approximate surface area is 90.6 Å². The van der Waals surface area contributed by atoms with Gasteiger partial charge in [-0.05, 0) is 37.4 Å². The van der Waals surface area contributed by atoms with E-state index in [0.717, 1.165) is 24.1 Å². The summed E-state index contributed by atoms with van der Waals surface area (Å²) in [5.41, 5.74) is 0. The van der Waals surface area contributed by atoms with Crippen molar-refractivity contribution in [2.24, 2.45) is 11.8 Å². The molecular weight excluding hydrogens is 186 g/mol. The van der Waals surface area contributed by atoms with E-state index in [-0.39, 0.29) is 0 Å². The Hall–Kier alpha value is -1.02. The molecule has 2 unspecified atom stereocenters. The Balaban J connectivity index is 1.69. The lowest BCUT2D eigenvalue weighted by Gasteiger charge is -2.19. The summed E-state index contributed by atoms with van der Waals surface area (Å²) in [5, 5.41) is 3.46. The van der Waals surface area contributed by atoms with E-state index in [4.69, 9.17) is 4.74 Å². The third-order valence-electron chi connectivity index (χ3n) is 3.72. The Kier molecular flexibility index (Phi) is 2.37. The van der Waals surface area contributed by atoms with Crippen molar-refractivity contribution in [3.05, 3.63) is 30.3 Å². The number of nitrogens with one attached hydrogen (secondary N) is 1. The molecule has 0 aromatic heterocycles. The van der Waals surface area contributed by atoms with Crippen LogP contribution in [-0.2, 0) is 0 Å². The van der Waals surface area contributed by atoms with Gasteiger partial charge in [0.05, 0.1) is 0 Å². The number of hydrogen-bond donors (Lipinski definition) is 1. The maximum Gasteiger partial charge on any atom is 0.119 e. The Bertz CT molecular complexity index is 325. The van der Waals surface area contributed by atoms with Crippen LogP contribution in [0.2, 0.25) is 0 Å². The van der Waals surface area contributed by atoms with Crippen LogP contribution in [0.1, 0.15) is 12.8 Å². The van der Waals surface area contributed by atoms with Crippen LogP contribution in [0.5, 0.6) is 5.75 Å². The third kappa shape index (κ3) is 1.74. The van der Waals surface area contributed by atoms with Crippen molar-refractivity contribution in [3.8, 4) is 5.75 Å². The van der Waals surface area contributed by atoms with Crippen molar-refractivity contribution in [2.45, 2.75) is 18.9 Å². The Morgan fingerprint density at radius 3 is 2.80 bits per heavy atom. The quantitative estimate of drug-likeness (QED) is 0.794. The van der Waals surface area contributed by atoms with Gasteiger partial charge in [0.25, 0.3) is 0 Å².